The summed E-state index contributed by atoms with van der Waals surface area (Å²) in [7, 11) is 0. The predicted octanol–water partition coefficient (Wildman–Crippen LogP) is 2.53. The van der Waals surface area contributed by atoms with E-state index < -0.39 is 17.7 Å². The minimum absolute atomic E-state index is 0.107. The summed E-state index contributed by atoms with van der Waals surface area (Å²) in [5, 5.41) is 2.14. The van der Waals surface area contributed by atoms with Gasteiger partial charge in [-0.1, -0.05) is 0 Å². The number of hydrogen-bond acceptors (Lipinski definition) is 2. The van der Waals surface area contributed by atoms with Gasteiger partial charge in [0, 0.05) is 6.07 Å². The molecule has 76 valence electrons. The molecule has 0 heterocycles. The lowest BCUT2D eigenvalue weighted by atomic mass is 10.3. The summed E-state index contributed by atoms with van der Waals surface area (Å²) >= 11 is 0. The minimum Gasteiger partial charge on any atom is -0.450 e. The van der Waals surface area contributed by atoms with Crippen molar-refractivity contribution in [3.8, 4) is 0 Å². The Kier molecular flexibility index (Phi) is 3.39. The van der Waals surface area contributed by atoms with Crippen molar-refractivity contribution >= 4 is 11.8 Å². The molecule has 14 heavy (non-hydrogen) atoms. The van der Waals surface area contributed by atoms with Gasteiger partial charge in [0.15, 0.2) is 0 Å². The lowest BCUT2D eigenvalue weighted by Crippen LogP contribution is -2.14. The van der Waals surface area contributed by atoms with Crippen LogP contribution in [0.25, 0.3) is 0 Å². The Balaban J connectivity index is 2.72. The van der Waals surface area contributed by atoms with Crippen molar-refractivity contribution in [3.63, 3.8) is 0 Å². The molecule has 0 atom stereocenters. The third-order valence-corrected chi connectivity index (χ3v) is 1.44. The Morgan fingerprint density at radius 3 is 2.79 bits per heavy atom. The molecule has 0 bridgehead atoms. The minimum atomic E-state index is -0.835. The Bertz CT molecular complexity index is 342. The van der Waals surface area contributed by atoms with Crippen LogP contribution < -0.4 is 5.32 Å². The summed E-state index contributed by atoms with van der Waals surface area (Å²) in [6, 6.07) is 2.85. The van der Waals surface area contributed by atoms with Crippen LogP contribution in [0.3, 0.4) is 0 Å². The van der Waals surface area contributed by atoms with Crippen molar-refractivity contribution in [1.82, 2.24) is 0 Å². The first-order chi connectivity index (χ1) is 6.63. The Morgan fingerprint density at radius 1 is 1.50 bits per heavy atom. The topological polar surface area (TPSA) is 38.3 Å². The van der Waals surface area contributed by atoms with E-state index >= 15 is 0 Å². The van der Waals surface area contributed by atoms with E-state index in [-0.39, 0.29) is 12.3 Å². The van der Waals surface area contributed by atoms with Gasteiger partial charge in [-0.3, -0.25) is 5.32 Å². The smallest absolute Gasteiger partial charge is 0.411 e. The maximum absolute atomic E-state index is 12.9. The highest BCUT2D eigenvalue weighted by Crippen LogP contribution is 2.14. The van der Waals surface area contributed by atoms with Crippen molar-refractivity contribution in [2.24, 2.45) is 0 Å². The zero-order valence-electron chi connectivity index (χ0n) is 7.51. The fourth-order valence-electron chi connectivity index (χ4n) is 0.868. The molecule has 1 aromatic rings. The van der Waals surface area contributed by atoms with E-state index in [4.69, 9.17) is 0 Å². The van der Waals surface area contributed by atoms with Gasteiger partial charge < -0.3 is 4.74 Å². The second-order valence-electron chi connectivity index (χ2n) is 2.47. The SMILES string of the molecule is CCOC(=O)Nc1ccc(F)cc1F. The Labute approximate surface area is 79.7 Å². The third-order valence-electron chi connectivity index (χ3n) is 1.44. The monoisotopic (exact) mass is 201 g/mol. The molecule has 0 aromatic heterocycles. The average molecular weight is 201 g/mol. The van der Waals surface area contributed by atoms with E-state index in [9.17, 15) is 13.6 Å². The number of hydrogen-bond donors (Lipinski definition) is 1. The summed E-state index contributed by atoms with van der Waals surface area (Å²) in [5.41, 5.74) is -0.107. The molecule has 0 aliphatic heterocycles. The number of rotatable bonds is 2. The second kappa shape index (κ2) is 4.55. The quantitative estimate of drug-likeness (QED) is 0.798. The number of carbonyl (C=O) groups is 1. The molecule has 0 unspecified atom stereocenters. The summed E-state index contributed by atoms with van der Waals surface area (Å²) in [4.78, 5) is 10.9. The van der Waals surface area contributed by atoms with Crippen LogP contribution in [0.1, 0.15) is 6.92 Å². The van der Waals surface area contributed by atoms with Gasteiger partial charge in [-0.05, 0) is 19.1 Å². The average Bonchev–Trinajstić information content (AvgIpc) is 2.10. The summed E-state index contributed by atoms with van der Waals surface area (Å²) in [6.07, 6.45) is -0.766. The molecular weight excluding hydrogens is 192 g/mol. The molecule has 0 radical (unpaired) electrons. The van der Waals surface area contributed by atoms with Gasteiger partial charge in [-0.2, -0.15) is 0 Å². The van der Waals surface area contributed by atoms with Crippen molar-refractivity contribution in [1.29, 1.82) is 0 Å². The first-order valence-electron chi connectivity index (χ1n) is 4.02. The molecule has 1 rings (SSSR count). The number of nitrogens with one attached hydrogen (secondary N) is 1. The molecule has 0 saturated carbocycles. The molecule has 0 fully saturated rings. The largest absolute Gasteiger partial charge is 0.450 e. The highest BCUT2D eigenvalue weighted by molar-refractivity contribution is 5.84. The van der Waals surface area contributed by atoms with Crippen molar-refractivity contribution < 1.29 is 18.3 Å². The number of halogens is 2. The number of anilines is 1. The summed E-state index contributed by atoms with van der Waals surface area (Å²) in [5.74, 6) is -1.53. The molecule has 0 spiro atoms. The van der Waals surface area contributed by atoms with E-state index in [0.717, 1.165) is 12.1 Å². The lowest BCUT2D eigenvalue weighted by molar-refractivity contribution is 0.168. The molecule has 0 aliphatic carbocycles. The highest BCUT2D eigenvalue weighted by Gasteiger charge is 2.07. The fraction of sp³-hybridized carbons (Fsp3) is 0.222. The van der Waals surface area contributed by atoms with Crippen LogP contribution in [0.2, 0.25) is 0 Å². The lowest BCUT2D eigenvalue weighted by Gasteiger charge is -2.05. The molecule has 1 amide bonds. The molecular formula is C9H9F2NO2. The van der Waals surface area contributed by atoms with Crippen LogP contribution in [0, 0.1) is 11.6 Å². The first-order valence-corrected chi connectivity index (χ1v) is 4.02. The number of ether oxygens (including phenoxy) is 1. The van der Waals surface area contributed by atoms with Gasteiger partial charge in [0.05, 0.1) is 12.3 Å². The van der Waals surface area contributed by atoms with Crippen LogP contribution in [0.15, 0.2) is 18.2 Å². The van der Waals surface area contributed by atoms with E-state index in [1.54, 1.807) is 6.92 Å². The van der Waals surface area contributed by atoms with Crippen molar-refractivity contribution in [2.45, 2.75) is 6.92 Å². The van der Waals surface area contributed by atoms with Gasteiger partial charge >= 0.3 is 6.09 Å². The highest BCUT2D eigenvalue weighted by atomic mass is 19.1. The standard InChI is InChI=1S/C9H9F2NO2/c1-2-14-9(13)12-8-4-3-6(10)5-7(8)11/h3-5H,2H2,1H3,(H,12,13). The van der Waals surface area contributed by atoms with Gasteiger partial charge in [-0.15, -0.1) is 0 Å². The maximum atomic E-state index is 12.9. The fourth-order valence-corrected chi connectivity index (χ4v) is 0.868. The Hall–Kier alpha value is -1.65. The van der Waals surface area contributed by atoms with Gasteiger partial charge in [0.25, 0.3) is 0 Å². The molecule has 1 N–H and O–H groups in total. The number of amides is 1. The van der Waals surface area contributed by atoms with E-state index in [2.05, 4.69) is 10.1 Å². The molecule has 0 aliphatic rings. The first kappa shape index (κ1) is 10.4. The van der Waals surface area contributed by atoms with Crippen LogP contribution >= 0.6 is 0 Å². The predicted molar refractivity (Wildman–Crippen MR) is 47.0 cm³/mol. The third kappa shape index (κ3) is 2.69. The van der Waals surface area contributed by atoms with Crippen molar-refractivity contribution in [3.05, 3.63) is 29.8 Å². The van der Waals surface area contributed by atoms with E-state index in [0.29, 0.717) is 6.07 Å². The number of carbonyl (C=O) groups excluding carboxylic acids is 1. The second-order valence-corrected chi connectivity index (χ2v) is 2.47. The van der Waals surface area contributed by atoms with Gasteiger partial charge in [0.2, 0.25) is 0 Å². The normalized spacial score (nSPS) is 9.64. The van der Waals surface area contributed by atoms with Crippen LogP contribution in [-0.2, 0) is 4.74 Å². The summed E-state index contributed by atoms with van der Waals surface area (Å²) in [6.45, 7) is 1.81. The van der Waals surface area contributed by atoms with E-state index in [1.165, 1.54) is 0 Å². The number of benzene rings is 1. The van der Waals surface area contributed by atoms with E-state index in [1.807, 2.05) is 0 Å². The Morgan fingerprint density at radius 2 is 2.21 bits per heavy atom. The van der Waals surface area contributed by atoms with Gasteiger partial charge in [-0.25, -0.2) is 13.6 Å². The zero-order chi connectivity index (χ0) is 10.6. The molecule has 1 aromatic carbocycles. The summed E-state index contributed by atoms with van der Waals surface area (Å²) < 4.78 is 29.9. The van der Waals surface area contributed by atoms with Gasteiger partial charge in [0.1, 0.15) is 11.6 Å². The van der Waals surface area contributed by atoms with Crippen molar-refractivity contribution in [2.75, 3.05) is 11.9 Å². The van der Waals surface area contributed by atoms with Crippen LogP contribution in [-0.4, -0.2) is 12.7 Å². The molecule has 3 nitrogen and oxygen atoms in total. The molecule has 5 heteroatoms. The zero-order valence-corrected chi connectivity index (χ0v) is 7.51. The van der Waals surface area contributed by atoms with Crippen LogP contribution in [0.4, 0.5) is 19.3 Å². The maximum Gasteiger partial charge on any atom is 0.411 e. The van der Waals surface area contributed by atoms with Crippen LogP contribution in [0.5, 0.6) is 0 Å². The molecule has 0 saturated heterocycles.